The number of benzene rings is 1. The number of rotatable bonds is 7. The molecule has 0 saturated heterocycles. The number of aromatic nitrogens is 2. The van der Waals surface area contributed by atoms with E-state index in [1.165, 1.54) is 11.1 Å². The van der Waals surface area contributed by atoms with Crippen molar-refractivity contribution in [2.75, 3.05) is 23.4 Å². The summed E-state index contributed by atoms with van der Waals surface area (Å²) in [5, 5.41) is 22.7. The van der Waals surface area contributed by atoms with E-state index in [0.29, 0.717) is 5.95 Å². The lowest BCUT2D eigenvalue weighted by Crippen LogP contribution is -2.33. The minimum absolute atomic E-state index is 0.0510. The topological polar surface area (TPSA) is 81.5 Å². The fraction of sp³-hybridized carbons (Fsp3) is 0.545. The number of nitrogens with one attached hydrogen (secondary N) is 1. The van der Waals surface area contributed by atoms with Crippen LogP contribution in [0, 0.1) is 5.92 Å². The second-order valence-corrected chi connectivity index (χ2v) is 7.95. The Morgan fingerprint density at radius 1 is 1.14 bits per heavy atom. The molecule has 0 unspecified atom stereocenters. The fourth-order valence-electron chi connectivity index (χ4n) is 3.51. The van der Waals surface area contributed by atoms with Gasteiger partial charge in [0.1, 0.15) is 5.82 Å². The second kappa shape index (κ2) is 8.88. The summed E-state index contributed by atoms with van der Waals surface area (Å²) in [7, 11) is 0. The Morgan fingerprint density at radius 2 is 1.93 bits per heavy atom. The smallest absolute Gasteiger partial charge is 0.225 e. The van der Waals surface area contributed by atoms with E-state index in [0.717, 1.165) is 43.0 Å². The van der Waals surface area contributed by atoms with Crippen molar-refractivity contribution in [3.8, 4) is 0 Å². The lowest BCUT2D eigenvalue weighted by Gasteiger charge is -2.31. The third kappa shape index (κ3) is 4.62. The van der Waals surface area contributed by atoms with Crippen molar-refractivity contribution in [2.45, 2.75) is 59.2 Å². The van der Waals surface area contributed by atoms with Gasteiger partial charge in [0.15, 0.2) is 0 Å². The van der Waals surface area contributed by atoms with Gasteiger partial charge >= 0.3 is 0 Å². The van der Waals surface area contributed by atoms with E-state index in [1.54, 1.807) is 6.92 Å². The summed E-state index contributed by atoms with van der Waals surface area (Å²) < 4.78 is 0. The van der Waals surface area contributed by atoms with E-state index in [1.807, 2.05) is 6.07 Å². The highest BCUT2D eigenvalue weighted by atomic mass is 16.3. The Morgan fingerprint density at radius 3 is 2.57 bits per heavy atom. The third-order valence-electron chi connectivity index (χ3n) is 5.49. The molecule has 3 rings (SSSR count). The molecular formula is C22H32N4O2. The van der Waals surface area contributed by atoms with Crippen LogP contribution in [0.25, 0.3) is 0 Å². The monoisotopic (exact) mass is 384 g/mol. The summed E-state index contributed by atoms with van der Waals surface area (Å²) in [5.41, 5.74) is 4.54. The number of aliphatic hydroxyl groups is 2. The van der Waals surface area contributed by atoms with Gasteiger partial charge in [-0.1, -0.05) is 39.0 Å². The van der Waals surface area contributed by atoms with Gasteiger partial charge in [-0.15, -0.1) is 0 Å². The van der Waals surface area contributed by atoms with Crippen LogP contribution in [0.4, 0.5) is 11.8 Å². The highest BCUT2D eigenvalue weighted by molar-refractivity contribution is 5.49. The number of hydrogen-bond donors (Lipinski definition) is 3. The molecule has 0 saturated carbocycles. The minimum Gasteiger partial charge on any atom is -0.394 e. The van der Waals surface area contributed by atoms with Gasteiger partial charge in [-0.05, 0) is 42.4 Å². The molecule has 2 atom stereocenters. The zero-order valence-electron chi connectivity index (χ0n) is 17.3. The molecule has 0 radical (unpaired) electrons. The SMILES string of the molecule is CCc1cc(N2CCc3cc([C@@H](C)O)ccc3C2)nc(N[C@H](CO)C(C)C)n1. The number of fused-ring (bicyclic) bond motifs is 1. The molecule has 6 nitrogen and oxygen atoms in total. The fourth-order valence-corrected chi connectivity index (χ4v) is 3.51. The van der Waals surface area contributed by atoms with Crippen molar-refractivity contribution in [1.29, 1.82) is 0 Å². The van der Waals surface area contributed by atoms with Crippen LogP contribution in [0.15, 0.2) is 24.3 Å². The van der Waals surface area contributed by atoms with Crippen LogP contribution in [0.3, 0.4) is 0 Å². The Bertz CT molecular complexity index is 807. The van der Waals surface area contributed by atoms with Crippen molar-refractivity contribution in [2.24, 2.45) is 5.92 Å². The first-order chi connectivity index (χ1) is 13.4. The van der Waals surface area contributed by atoms with E-state index < -0.39 is 6.10 Å². The predicted octanol–water partition coefficient (Wildman–Crippen LogP) is 3.08. The van der Waals surface area contributed by atoms with Gasteiger partial charge in [-0.25, -0.2) is 4.98 Å². The molecule has 152 valence electrons. The predicted molar refractivity (Wildman–Crippen MR) is 113 cm³/mol. The maximum absolute atomic E-state index is 9.82. The molecule has 3 N–H and O–H groups in total. The van der Waals surface area contributed by atoms with Crippen molar-refractivity contribution >= 4 is 11.8 Å². The Balaban J connectivity index is 1.84. The van der Waals surface area contributed by atoms with Gasteiger partial charge in [0.05, 0.1) is 18.8 Å². The molecule has 1 aromatic carbocycles. The Kier molecular flexibility index (Phi) is 6.52. The summed E-state index contributed by atoms with van der Waals surface area (Å²) in [5.74, 6) is 1.78. The van der Waals surface area contributed by atoms with E-state index >= 15 is 0 Å². The van der Waals surface area contributed by atoms with Crippen molar-refractivity contribution in [3.05, 3.63) is 46.6 Å². The van der Waals surface area contributed by atoms with Crippen molar-refractivity contribution < 1.29 is 10.2 Å². The zero-order chi connectivity index (χ0) is 20.3. The molecule has 0 bridgehead atoms. The molecule has 1 aliphatic heterocycles. The maximum atomic E-state index is 9.82. The maximum Gasteiger partial charge on any atom is 0.225 e. The van der Waals surface area contributed by atoms with Gasteiger partial charge in [0.2, 0.25) is 5.95 Å². The summed E-state index contributed by atoms with van der Waals surface area (Å²) in [6.45, 7) is 9.75. The lowest BCUT2D eigenvalue weighted by atomic mass is 9.96. The molecule has 2 heterocycles. The van der Waals surface area contributed by atoms with Crippen molar-refractivity contribution in [1.82, 2.24) is 9.97 Å². The summed E-state index contributed by atoms with van der Waals surface area (Å²) in [6.07, 6.45) is 1.32. The van der Waals surface area contributed by atoms with E-state index in [-0.39, 0.29) is 18.6 Å². The molecule has 1 aliphatic rings. The first-order valence-electron chi connectivity index (χ1n) is 10.2. The second-order valence-electron chi connectivity index (χ2n) is 7.95. The van der Waals surface area contributed by atoms with Gasteiger partial charge in [0.25, 0.3) is 0 Å². The number of anilines is 2. The normalized spacial score (nSPS) is 16.0. The van der Waals surface area contributed by atoms with Crippen LogP contribution in [0.5, 0.6) is 0 Å². The quantitative estimate of drug-likeness (QED) is 0.681. The molecule has 0 fully saturated rings. The highest BCUT2D eigenvalue weighted by Crippen LogP contribution is 2.27. The van der Waals surface area contributed by atoms with Gasteiger partial charge in [-0.2, -0.15) is 4.98 Å². The van der Waals surface area contributed by atoms with Gasteiger partial charge < -0.3 is 20.4 Å². The van der Waals surface area contributed by atoms with E-state index in [4.69, 9.17) is 4.98 Å². The van der Waals surface area contributed by atoms with Gasteiger partial charge in [0, 0.05) is 24.8 Å². The molecule has 0 spiro atoms. The largest absolute Gasteiger partial charge is 0.394 e. The molecule has 0 aliphatic carbocycles. The summed E-state index contributed by atoms with van der Waals surface area (Å²) in [6, 6.07) is 8.23. The minimum atomic E-state index is -0.439. The van der Waals surface area contributed by atoms with Crippen LogP contribution in [0.2, 0.25) is 0 Å². The van der Waals surface area contributed by atoms with Crippen molar-refractivity contribution in [3.63, 3.8) is 0 Å². The summed E-state index contributed by atoms with van der Waals surface area (Å²) in [4.78, 5) is 11.6. The van der Waals surface area contributed by atoms with E-state index in [2.05, 4.69) is 54.2 Å². The van der Waals surface area contributed by atoms with Gasteiger partial charge in [-0.3, -0.25) is 0 Å². The van der Waals surface area contributed by atoms with Crippen LogP contribution in [-0.4, -0.2) is 39.4 Å². The third-order valence-corrected chi connectivity index (χ3v) is 5.49. The molecular weight excluding hydrogens is 352 g/mol. The first-order valence-corrected chi connectivity index (χ1v) is 10.2. The number of aryl methyl sites for hydroxylation is 1. The molecule has 28 heavy (non-hydrogen) atoms. The Hall–Kier alpha value is -2.18. The molecule has 1 aromatic heterocycles. The standard InChI is InChI=1S/C22H32N4O2/c1-5-19-11-21(25-22(23-19)24-20(13-27)14(2)3)26-9-8-17-10-16(15(4)28)6-7-18(17)12-26/h6-7,10-11,14-15,20,27-28H,5,8-9,12-13H2,1-4H3,(H,23,24,25)/t15-,20-/m1/s1. The number of nitrogens with zero attached hydrogens (tertiary/aromatic N) is 3. The van der Waals surface area contributed by atoms with Crippen LogP contribution >= 0.6 is 0 Å². The van der Waals surface area contributed by atoms with Crippen LogP contribution in [0.1, 0.15) is 56.2 Å². The lowest BCUT2D eigenvalue weighted by molar-refractivity contribution is 0.199. The summed E-state index contributed by atoms with van der Waals surface area (Å²) >= 11 is 0. The average Bonchev–Trinajstić information content (AvgIpc) is 2.70. The molecule has 2 aromatic rings. The number of aliphatic hydroxyl groups excluding tert-OH is 2. The average molecular weight is 385 g/mol. The van der Waals surface area contributed by atoms with Crippen LogP contribution in [-0.2, 0) is 19.4 Å². The molecule has 0 amide bonds. The number of hydrogen-bond acceptors (Lipinski definition) is 6. The van der Waals surface area contributed by atoms with E-state index in [9.17, 15) is 10.2 Å². The Labute approximate surface area is 167 Å². The van der Waals surface area contributed by atoms with Crippen LogP contribution < -0.4 is 10.2 Å². The molecule has 6 heteroatoms. The zero-order valence-corrected chi connectivity index (χ0v) is 17.3. The highest BCUT2D eigenvalue weighted by Gasteiger charge is 2.21. The first kappa shape index (κ1) is 20.6.